The van der Waals surface area contributed by atoms with E-state index in [1.807, 2.05) is 0 Å². The van der Waals surface area contributed by atoms with Crippen LogP contribution in [0.15, 0.2) is 12.3 Å². The number of nitrogens with zero attached hydrogens (tertiary/aromatic N) is 2. The van der Waals surface area contributed by atoms with Crippen molar-refractivity contribution >= 4 is 0 Å². The van der Waals surface area contributed by atoms with Crippen LogP contribution in [-0.2, 0) is 12.7 Å². The molecule has 0 aliphatic carbocycles. The number of alkyl halides is 5. The van der Waals surface area contributed by atoms with Gasteiger partial charge in [-0.25, -0.2) is 8.78 Å². The highest BCUT2D eigenvalue weighted by atomic mass is 19.4. The summed E-state index contributed by atoms with van der Waals surface area (Å²) in [4.78, 5) is 0. The van der Waals surface area contributed by atoms with Gasteiger partial charge in [-0.2, -0.15) is 18.3 Å². The maximum atomic E-state index is 12.0. The van der Waals surface area contributed by atoms with Crippen LogP contribution in [-0.4, -0.2) is 16.2 Å². The first-order valence-electron chi connectivity index (χ1n) is 3.28. The van der Waals surface area contributed by atoms with E-state index in [9.17, 15) is 22.0 Å². The number of hydrogen-bond acceptors (Lipinski definition) is 1. The summed E-state index contributed by atoms with van der Waals surface area (Å²) in [6.45, 7) is -1.04. The van der Waals surface area contributed by atoms with Crippen molar-refractivity contribution in [1.29, 1.82) is 0 Å². The second-order valence-corrected chi connectivity index (χ2v) is 2.29. The SMILES string of the molecule is FC(F)Cn1nccc1C(F)(F)F. The zero-order valence-electron chi connectivity index (χ0n) is 6.22. The second-order valence-electron chi connectivity index (χ2n) is 2.29. The minimum Gasteiger partial charge on any atom is -0.255 e. The molecule has 0 spiro atoms. The van der Waals surface area contributed by atoms with Crippen LogP contribution in [0, 0.1) is 0 Å². The molecule has 0 saturated heterocycles. The van der Waals surface area contributed by atoms with E-state index in [-0.39, 0.29) is 4.68 Å². The molecule has 0 atom stereocenters. The third-order valence-electron chi connectivity index (χ3n) is 1.32. The van der Waals surface area contributed by atoms with Crippen LogP contribution in [0.1, 0.15) is 5.69 Å². The Morgan fingerprint density at radius 1 is 1.38 bits per heavy atom. The Bertz CT molecular complexity index is 277. The monoisotopic (exact) mass is 200 g/mol. The molecule has 0 radical (unpaired) electrons. The van der Waals surface area contributed by atoms with E-state index < -0.39 is 24.8 Å². The highest BCUT2D eigenvalue weighted by Gasteiger charge is 2.35. The lowest BCUT2D eigenvalue weighted by Crippen LogP contribution is -2.17. The second kappa shape index (κ2) is 3.31. The highest BCUT2D eigenvalue weighted by molar-refractivity contribution is 5.04. The van der Waals surface area contributed by atoms with Gasteiger partial charge < -0.3 is 0 Å². The van der Waals surface area contributed by atoms with E-state index >= 15 is 0 Å². The molecule has 7 heteroatoms. The van der Waals surface area contributed by atoms with Crippen LogP contribution in [0.3, 0.4) is 0 Å². The lowest BCUT2D eigenvalue weighted by atomic mass is 10.4. The van der Waals surface area contributed by atoms with Crippen LogP contribution in [0.5, 0.6) is 0 Å². The summed E-state index contributed by atoms with van der Waals surface area (Å²) in [5.74, 6) is 0. The number of aromatic nitrogens is 2. The van der Waals surface area contributed by atoms with Crippen molar-refractivity contribution in [2.45, 2.75) is 19.1 Å². The van der Waals surface area contributed by atoms with Gasteiger partial charge in [0.25, 0.3) is 6.43 Å². The lowest BCUT2D eigenvalue weighted by molar-refractivity contribution is -0.144. The fourth-order valence-corrected chi connectivity index (χ4v) is 0.850. The maximum absolute atomic E-state index is 12.0. The van der Waals surface area contributed by atoms with E-state index in [1.54, 1.807) is 0 Å². The van der Waals surface area contributed by atoms with Crippen molar-refractivity contribution in [3.8, 4) is 0 Å². The van der Waals surface area contributed by atoms with E-state index in [0.29, 0.717) is 6.07 Å². The van der Waals surface area contributed by atoms with E-state index in [1.165, 1.54) is 0 Å². The fourth-order valence-electron chi connectivity index (χ4n) is 0.850. The summed E-state index contributed by atoms with van der Waals surface area (Å²) in [5, 5.41) is 3.14. The fraction of sp³-hybridized carbons (Fsp3) is 0.500. The standard InChI is InChI=1S/C6H5F5N2/c7-5(8)3-13-4(1-2-12-13)6(9,10)11/h1-2,5H,3H2. The Morgan fingerprint density at radius 2 is 2.00 bits per heavy atom. The van der Waals surface area contributed by atoms with E-state index in [0.717, 1.165) is 6.20 Å². The summed E-state index contributed by atoms with van der Waals surface area (Å²) in [5.41, 5.74) is -1.16. The van der Waals surface area contributed by atoms with Gasteiger partial charge in [0.15, 0.2) is 0 Å². The topological polar surface area (TPSA) is 17.8 Å². The van der Waals surface area contributed by atoms with Gasteiger partial charge in [0.05, 0.1) is 0 Å². The number of hydrogen-bond donors (Lipinski definition) is 0. The van der Waals surface area contributed by atoms with Gasteiger partial charge in [0.1, 0.15) is 12.2 Å². The quantitative estimate of drug-likeness (QED) is 0.669. The van der Waals surface area contributed by atoms with E-state index in [4.69, 9.17) is 0 Å². The molecular weight excluding hydrogens is 195 g/mol. The van der Waals surface area contributed by atoms with Crippen molar-refractivity contribution in [3.05, 3.63) is 18.0 Å². The molecule has 1 aromatic heterocycles. The van der Waals surface area contributed by atoms with Crippen LogP contribution >= 0.6 is 0 Å². The van der Waals surface area contributed by atoms with Gasteiger partial charge in [-0.05, 0) is 6.07 Å². The van der Waals surface area contributed by atoms with Crippen LogP contribution in [0.4, 0.5) is 22.0 Å². The molecule has 1 heterocycles. The molecule has 0 aliphatic rings. The van der Waals surface area contributed by atoms with Crippen molar-refractivity contribution in [2.24, 2.45) is 0 Å². The lowest BCUT2D eigenvalue weighted by Gasteiger charge is -2.09. The predicted octanol–water partition coefficient (Wildman–Crippen LogP) is 2.17. The van der Waals surface area contributed by atoms with Gasteiger partial charge in [-0.15, -0.1) is 0 Å². The van der Waals surface area contributed by atoms with Gasteiger partial charge in [0, 0.05) is 6.20 Å². The Balaban J connectivity index is 2.90. The molecule has 1 rings (SSSR count). The maximum Gasteiger partial charge on any atom is 0.433 e. The number of rotatable bonds is 2. The molecule has 74 valence electrons. The Labute approximate surface area is 70.0 Å². The minimum absolute atomic E-state index is 0.241. The average molecular weight is 200 g/mol. The molecule has 0 aliphatic heterocycles. The smallest absolute Gasteiger partial charge is 0.255 e. The molecule has 0 saturated carbocycles. The molecule has 0 bridgehead atoms. The summed E-state index contributed by atoms with van der Waals surface area (Å²) >= 11 is 0. The average Bonchev–Trinajstić information content (AvgIpc) is 2.31. The Hall–Kier alpha value is -1.14. The molecule has 0 aromatic carbocycles. The minimum atomic E-state index is -4.63. The molecule has 0 fully saturated rings. The Morgan fingerprint density at radius 3 is 2.46 bits per heavy atom. The van der Waals surface area contributed by atoms with Gasteiger partial charge in [0.2, 0.25) is 0 Å². The first kappa shape index (κ1) is 9.94. The molecule has 0 N–H and O–H groups in total. The summed E-state index contributed by atoms with van der Waals surface area (Å²) in [6.07, 6.45) is -6.64. The van der Waals surface area contributed by atoms with Crippen molar-refractivity contribution in [3.63, 3.8) is 0 Å². The zero-order chi connectivity index (χ0) is 10.1. The van der Waals surface area contributed by atoms with E-state index in [2.05, 4.69) is 5.10 Å². The third kappa shape index (κ3) is 2.40. The van der Waals surface area contributed by atoms with Gasteiger partial charge >= 0.3 is 6.18 Å². The number of halogens is 5. The van der Waals surface area contributed by atoms with Crippen molar-refractivity contribution in [1.82, 2.24) is 9.78 Å². The summed E-state index contributed by atoms with van der Waals surface area (Å²) < 4.78 is 59.8. The summed E-state index contributed by atoms with van der Waals surface area (Å²) in [6, 6.07) is 0.655. The first-order valence-corrected chi connectivity index (χ1v) is 3.28. The van der Waals surface area contributed by atoms with Crippen LogP contribution < -0.4 is 0 Å². The molecule has 13 heavy (non-hydrogen) atoms. The van der Waals surface area contributed by atoms with Gasteiger partial charge in [-0.1, -0.05) is 0 Å². The molecule has 0 unspecified atom stereocenters. The predicted molar refractivity (Wildman–Crippen MR) is 33.2 cm³/mol. The van der Waals surface area contributed by atoms with Crippen molar-refractivity contribution < 1.29 is 22.0 Å². The largest absolute Gasteiger partial charge is 0.433 e. The van der Waals surface area contributed by atoms with Crippen molar-refractivity contribution in [2.75, 3.05) is 0 Å². The first-order chi connectivity index (χ1) is 5.91. The molecule has 0 amide bonds. The normalized spacial score (nSPS) is 12.5. The Kier molecular flexibility index (Phi) is 2.53. The summed E-state index contributed by atoms with van der Waals surface area (Å²) in [7, 11) is 0. The highest BCUT2D eigenvalue weighted by Crippen LogP contribution is 2.28. The molecule has 1 aromatic rings. The van der Waals surface area contributed by atoms with Crippen LogP contribution in [0.25, 0.3) is 0 Å². The third-order valence-corrected chi connectivity index (χ3v) is 1.32. The zero-order valence-corrected chi connectivity index (χ0v) is 6.22. The van der Waals surface area contributed by atoms with Gasteiger partial charge in [-0.3, -0.25) is 4.68 Å². The van der Waals surface area contributed by atoms with Crippen LogP contribution in [0.2, 0.25) is 0 Å². The molecule has 2 nitrogen and oxygen atoms in total. The molecular formula is C6H5F5N2.